The first-order chi connectivity index (χ1) is 20.4. The lowest BCUT2D eigenvalue weighted by Gasteiger charge is -2.28. The summed E-state index contributed by atoms with van der Waals surface area (Å²) in [6, 6.07) is 10.5. The molecule has 0 spiro atoms. The Labute approximate surface area is 260 Å². The minimum absolute atomic E-state index is 0.0833. The van der Waals surface area contributed by atoms with E-state index in [-0.39, 0.29) is 36.3 Å². The predicted octanol–water partition coefficient (Wildman–Crippen LogP) is 3.94. The fourth-order valence-corrected chi connectivity index (χ4v) is 6.77. The highest BCUT2D eigenvalue weighted by Gasteiger charge is 2.36. The largest absolute Gasteiger partial charge is 0.481 e. The number of carboxylic acids is 1. The summed E-state index contributed by atoms with van der Waals surface area (Å²) in [5.74, 6) is -2.87. The van der Waals surface area contributed by atoms with Gasteiger partial charge < -0.3 is 21.5 Å². The molecule has 11 nitrogen and oxygen atoms in total. The fraction of sp³-hybridized carbons (Fsp3) is 0.467. The molecule has 0 aromatic heterocycles. The number of nitrogen functional groups attached to an aromatic ring is 1. The number of benzene rings is 2. The number of nitrogens with one attached hydrogen (secondary N) is 2. The number of hydrogen-bond donors (Lipinski definition) is 4. The molecule has 0 radical (unpaired) electrons. The van der Waals surface area contributed by atoms with Crippen LogP contribution in [-0.4, -0.2) is 63.4 Å². The molecule has 232 valence electrons. The van der Waals surface area contributed by atoms with Gasteiger partial charge in [0, 0.05) is 35.9 Å². The highest BCUT2D eigenvalue weighted by Crippen LogP contribution is 2.46. The second kappa shape index (κ2) is 13.9. The molecule has 2 aromatic rings. The van der Waals surface area contributed by atoms with E-state index in [1.54, 1.807) is 24.3 Å². The molecule has 2 atom stereocenters. The van der Waals surface area contributed by atoms with E-state index in [1.165, 1.54) is 11.4 Å². The lowest BCUT2D eigenvalue weighted by Crippen LogP contribution is -2.41. The molecular formula is C30H38BrN5O6S. The third-order valence-corrected chi connectivity index (χ3v) is 9.62. The number of nitrogens with two attached hydrogens (primary N) is 1. The van der Waals surface area contributed by atoms with Crippen molar-refractivity contribution in [2.75, 3.05) is 36.4 Å². The third-order valence-electron chi connectivity index (χ3n) is 7.91. The number of rotatable bonds is 12. The maximum Gasteiger partial charge on any atom is 0.307 e. The van der Waals surface area contributed by atoms with E-state index >= 15 is 0 Å². The van der Waals surface area contributed by atoms with Gasteiger partial charge in [-0.05, 0) is 80.0 Å². The molecule has 0 aliphatic heterocycles. The Kier molecular flexibility index (Phi) is 10.5. The van der Waals surface area contributed by atoms with Crippen LogP contribution in [-0.2, 0) is 24.4 Å². The van der Waals surface area contributed by atoms with Crippen molar-refractivity contribution in [3.63, 3.8) is 0 Å². The Morgan fingerprint density at radius 1 is 1.07 bits per heavy atom. The number of carbonyl (C=O) groups is 3. The molecule has 2 amide bonds. The summed E-state index contributed by atoms with van der Waals surface area (Å²) in [7, 11) is -2.23. The van der Waals surface area contributed by atoms with E-state index in [9.17, 15) is 27.9 Å². The van der Waals surface area contributed by atoms with Gasteiger partial charge in [-0.3, -0.25) is 18.7 Å². The number of nitrogens with zero attached hydrogens (tertiary/aromatic N) is 2. The Balaban J connectivity index is 1.58. The molecule has 43 heavy (non-hydrogen) atoms. The van der Waals surface area contributed by atoms with Crippen LogP contribution in [0.25, 0.3) is 0 Å². The van der Waals surface area contributed by atoms with Crippen molar-refractivity contribution < 1.29 is 27.9 Å². The summed E-state index contributed by atoms with van der Waals surface area (Å²) in [6.45, 7) is 0.278. The van der Waals surface area contributed by atoms with Gasteiger partial charge >= 0.3 is 5.97 Å². The number of amides is 2. The van der Waals surface area contributed by atoms with Gasteiger partial charge in [0.15, 0.2) is 0 Å². The third kappa shape index (κ3) is 8.14. The highest BCUT2D eigenvalue weighted by atomic mass is 79.9. The van der Waals surface area contributed by atoms with E-state index in [0.29, 0.717) is 36.2 Å². The summed E-state index contributed by atoms with van der Waals surface area (Å²) < 4.78 is 28.2. The van der Waals surface area contributed by atoms with Gasteiger partial charge in [0.05, 0.1) is 29.5 Å². The van der Waals surface area contributed by atoms with Crippen molar-refractivity contribution in [3.05, 3.63) is 52.0 Å². The summed E-state index contributed by atoms with van der Waals surface area (Å²) in [5, 5.41) is 14.9. The summed E-state index contributed by atoms with van der Waals surface area (Å²) >= 11 is 3.39. The standard InChI is InChI=1S/C30H38BrN5O6S/c1-33-29(38)27(35-20-12-10-19(31)11-13-20)24-16-23(18-8-9-18)26(17-25(24)32)36(43(2,41)42)15-5-14-34-28(37)21-6-3-4-7-22(21)30(39)40/h10-13,16-18,21-22H,3-9,14-15,32H2,1-2H3,(H,33,38)(H,34,37)(H,39,40). The van der Waals surface area contributed by atoms with Crippen LogP contribution < -0.4 is 20.7 Å². The number of aliphatic carboxylic acids is 1. The maximum atomic E-state index is 13.0. The molecule has 0 bridgehead atoms. The number of halogens is 1. The van der Waals surface area contributed by atoms with E-state index in [2.05, 4.69) is 31.6 Å². The van der Waals surface area contributed by atoms with Gasteiger partial charge in [0.25, 0.3) is 5.91 Å². The Hall–Kier alpha value is -3.45. The molecule has 5 N–H and O–H groups in total. The molecule has 13 heteroatoms. The first-order valence-electron chi connectivity index (χ1n) is 14.4. The van der Waals surface area contributed by atoms with Crippen molar-refractivity contribution in [1.29, 1.82) is 0 Å². The van der Waals surface area contributed by atoms with Crippen molar-refractivity contribution in [2.45, 2.75) is 50.9 Å². The molecular weight excluding hydrogens is 638 g/mol. The van der Waals surface area contributed by atoms with E-state index in [4.69, 9.17) is 5.73 Å². The molecule has 2 aromatic carbocycles. The average Bonchev–Trinajstić information content (AvgIpc) is 3.81. The SMILES string of the molecule is CNC(=O)C(=Nc1ccc(Br)cc1)c1cc(C2CC2)c(N(CCCNC(=O)C2CCCCC2C(=O)O)S(C)(=O)=O)cc1N. The highest BCUT2D eigenvalue weighted by molar-refractivity contribution is 9.10. The molecule has 0 saturated heterocycles. The van der Waals surface area contributed by atoms with Gasteiger partial charge in [0.2, 0.25) is 15.9 Å². The van der Waals surface area contributed by atoms with Gasteiger partial charge in [-0.2, -0.15) is 0 Å². The Bertz CT molecular complexity index is 1510. The second-order valence-corrected chi connectivity index (χ2v) is 13.9. The van der Waals surface area contributed by atoms with Crippen LogP contribution in [0.1, 0.15) is 62.0 Å². The average molecular weight is 677 g/mol. The summed E-state index contributed by atoms with van der Waals surface area (Å²) in [4.78, 5) is 41.9. The number of sulfonamides is 1. The van der Waals surface area contributed by atoms with Crippen LogP contribution in [0, 0.1) is 11.8 Å². The van der Waals surface area contributed by atoms with Gasteiger partial charge in [-0.25, -0.2) is 13.4 Å². The number of carboxylic acid groups (broad SMARTS) is 1. The normalized spacial score (nSPS) is 19.0. The van der Waals surface area contributed by atoms with E-state index in [1.807, 2.05) is 12.1 Å². The van der Waals surface area contributed by atoms with Crippen LogP contribution in [0.3, 0.4) is 0 Å². The number of aliphatic imine (C=N–C) groups is 1. The Morgan fingerprint density at radius 3 is 2.30 bits per heavy atom. The smallest absolute Gasteiger partial charge is 0.307 e. The molecule has 0 heterocycles. The molecule has 2 saturated carbocycles. The van der Waals surface area contributed by atoms with Crippen molar-refractivity contribution >= 4 is 66.5 Å². The maximum absolute atomic E-state index is 13.0. The van der Waals surface area contributed by atoms with Crippen LogP contribution >= 0.6 is 15.9 Å². The van der Waals surface area contributed by atoms with Crippen molar-refractivity contribution in [2.24, 2.45) is 16.8 Å². The summed E-state index contributed by atoms with van der Waals surface area (Å²) in [5.41, 5.74) is 8.98. The topological polar surface area (TPSA) is 171 Å². The minimum Gasteiger partial charge on any atom is -0.481 e. The number of hydrogen-bond acceptors (Lipinski definition) is 7. The van der Waals surface area contributed by atoms with Crippen LogP contribution in [0.5, 0.6) is 0 Å². The van der Waals surface area contributed by atoms with Gasteiger partial charge in [-0.15, -0.1) is 0 Å². The zero-order valence-corrected chi connectivity index (χ0v) is 26.7. The molecule has 2 fully saturated rings. The minimum atomic E-state index is -3.74. The number of carbonyl (C=O) groups excluding carboxylic acids is 2. The lowest BCUT2D eigenvalue weighted by molar-refractivity contribution is -0.148. The molecule has 2 unspecified atom stereocenters. The van der Waals surface area contributed by atoms with Crippen LogP contribution in [0.15, 0.2) is 45.9 Å². The zero-order valence-electron chi connectivity index (χ0n) is 24.3. The van der Waals surface area contributed by atoms with Crippen molar-refractivity contribution in [3.8, 4) is 0 Å². The van der Waals surface area contributed by atoms with Crippen LogP contribution in [0.4, 0.5) is 17.1 Å². The van der Waals surface area contributed by atoms with Gasteiger partial charge in [-0.1, -0.05) is 28.8 Å². The zero-order chi connectivity index (χ0) is 31.3. The van der Waals surface area contributed by atoms with Crippen molar-refractivity contribution in [1.82, 2.24) is 10.6 Å². The second-order valence-electron chi connectivity index (χ2n) is 11.1. The number of likely N-dealkylation sites (N-methyl/N-ethyl adjacent to an activating group) is 1. The monoisotopic (exact) mass is 675 g/mol. The van der Waals surface area contributed by atoms with E-state index < -0.39 is 33.7 Å². The lowest BCUT2D eigenvalue weighted by atomic mass is 9.79. The summed E-state index contributed by atoms with van der Waals surface area (Å²) in [6.07, 6.45) is 5.77. The number of anilines is 2. The first kappa shape index (κ1) is 32.5. The first-order valence-corrected chi connectivity index (χ1v) is 17.0. The Morgan fingerprint density at radius 2 is 1.72 bits per heavy atom. The molecule has 4 rings (SSSR count). The molecule has 2 aliphatic carbocycles. The predicted molar refractivity (Wildman–Crippen MR) is 170 cm³/mol. The quantitative estimate of drug-likeness (QED) is 0.150. The molecule has 2 aliphatic rings. The van der Waals surface area contributed by atoms with E-state index in [0.717, 1.165) is 42.0 Å². The van der Waals surface area contributed by atoms with Gasteiger partial charge in [0.1, 0.15) is 5.71 Å². The van der Waals surface area contributed by atoms with Crippen LogP contribution in [0.2, 0.25) is 0 Å². The fourth-order valence-electron chi connectivity index (χ4n) is 5.53.